The Morgan fingerprint density at radius 3 is 3.00 bits per heavy atom. The third kappa shape index (κ3) is 2.07. The number of benzene rings is 1. The van der Waals surface area contributed by atoms with E-state index < -0.39 is 0 Å². The van der Waals surface area contributed by atoms with Crippen LogP contribution in [0.3, 0.4) is 0 Å². The zero-order chi connectivity index (χ0) is 16.0. The Hall–Kier alpha value is -3.16. The quantitative estimate of drug-likeness (QED) is 0.597. The van der Waals surface area contributed by atoms with Gasteiger partial charge in [-0.3, -0.25) is 0 Å². The number of anilines is 2. The minimum absolute atomic E-state index is 0.409. The largest absolute Gasteiger partial charge is 0.424 e. The molecule has 0 saturated heterocycles. The van der Waals surface area contributed by atoms with Crippen molar-refractivity contribution in [2.24, 2.45) is 7.05 Å². The second-order valence-electron chi connectivity index (χ2n) is 5.16. The lowest BCUT2D eigenvalue weighted by molar-refractivity contribution is 0.616. The van der Waals surface area contributed by atoms with E-state index in [-0.39, 0.29) is 0 Å². The SMILES string of the molecule is CCNc1nc2cc(-c3nn(C)c4ncnc(N)c34)ccc2o1. The highest BCUT2D eigenvalue weighted by atomic mass is 16.4. The zero-order valence-electron chi connectivity index (χ0n) is 12.7. The molecule has 0 fully saturated rings. The molecule has 0 bridgehead atoms. The van der Waals surface area contributed by atoms with Crippen LogP contribution in [0.2, 0.25) is 0 Å². The molecule has 0 unspecified atom stereocenters. The molecule has 4 rings (SSSR count). The minimum Gasteiger partial charge on any atom is -0.424 e. The number of fused-ring (bicyclic) bond motifs is 2. The fourth-order valence-electron chi connectivity index (χ4n) is 2.61. The second-order valence-corrected chi connectivity index (χ2v) is 5.16. The third-order valence-corrected chi connectivity index (χ3v) is 3.64. The predicted molar refractivity (Wildman–Crippen MR) is 87.9 cm³/mol. The number of nitrogen functional groups attached to an aromatic ring is 1. The van der Waals surface area contributed by atoms with E-state index >= 15 is 0 Å². The lowest BCUT2D eigenvalue weighted by Crippen LogP contribution is -1.95. The monoisotopic (exact) mass is 309 g/mol. The Morgan fingerprint density at radius 2 is 2.17 bits per heavy atom. The summed E-state index contributed by atoms with van der Waals surface area (Å²) < 4.78 is 7.31. The number of nitrogens with two attached hydrogens (primary N) is 1. The van der Waals surface area contributed by atoms with Crippen LogP contribution in [0.15, 0.2) is 28.9 Å². The van der Waals surface area contributed by atoms with Gasteiger partial charge in [0.05, 0.1) is 5.39 Å². The van der Waals surface area contributed by atoms with Gasteiger partial charge in [0.2, 0.25) is 0 Å². The molecule has 3 heterocycles. The first-order valence-electron chi connectivity index (χ1n) is 7.25. The number of oxazole rings is 1. The molecule has 8 heteroatoms. The summed E-state index contributed by atoms with van der Waals surface area (Å²) in [7, 11) is 1.83. The second kappa shape index (κ2) is 4.94. The van der Waals surface area contributed by atoms with E-state index in [9.17, 15) is 0 Å². The zero-order valence-corrected chi connectivity index (χ0v) is 12.7. The van der Waals surface area contributed by atoms with Crippen LogP contribution in [0.5, 0.6) is 0 Å². The van der Waals surface area contributed by atoms with E-state index in [1.165, 1.54) is 6.33 Å². The normalized spacial score (nSPS) is 11.4. The van der Waals surface area contributed by atoms with Gasteiger partial charge >= 0.3 is 0 Å². The summed E-state index contributed by atoms with van der Waals surface area (Å²) in [6.07, 6.45) is 1.44. The summed E-state index contributed by atoms with van der Waals surface area (Å²) in [5, 5.41) is 8.33. The van der Waals surface area contributed by atoms with Gasteiger partial charge in [-0.1, -0.05) is 0 Å². The van der Waals surface area contributed by atoms with E-state index in [4.69, 9.17) is 10.2 Å². The van der Waals surface area contributed by atoms with Crippen molar-refractivity contribution in [1.29, 1.82) is 0 Å². The number of nitrogens with one attached hydrogen (secondary N) is 1. The molecule has 4 aromatic rings. The molecule has 0 amide bonds. The topological polar surface area (TPSA) is 108 Å². The highest BCUT2D eigenvalue weighted by molar-refractivity contribution is 5.99. The lowest BCUT2D eigenvalue weighted by Gasteiger charge is -1.99. The first kappa shape index (κ1) is 13.5. The van der Waals surface area contributed by atoms with Gasteiger partial charge in [0.25, 0.3) is 6.01 Å². The smallest absolute Gasteiger partial charge is 0.295 e. The Labute approximate surface area is 131 Å². The summed E-state index contributed by atoms with van der Waals surface area (Å²) in [5.74, 6) is 0.409. The number of nitrogens with zero attached hydrogens (tertiary/aromatic N) is 5. The van der Waals surface area contributed by atoms with Crippen molar-refractivity contribution >= 4 is 34.0 Å². The molecule has 3 N–H and O–H groups in total. The van der Waals surface area contributed by atoms with Crippen LogP contribution < -0.4 is 11.1 Å². The van der Waals surface area contributed by atoms with Gasteiger partial charge in [0.1, 0.15) is 23.4 Å². The third-order valence-electron chi connectivity index (χ3n) is 3.64. The fraction of sp³-hybridized carbons (Fsp3) is 0.200. The number of aryl methyl sites for hydroxylation is 1. The standard InChI is InChI=1S/C15H15N7O/c1-3-17-15-20-9-6-8(4-5-10(9)23-15)12-11-13(16)18-7-19-14(11)22(2)21-12/h4-7H,3H2,1-2H3,(H,17,20)(H2,16,18,19). The van der Waals surface area contributed by atoms with Crippen molar-refractivity contribution in [3.05, 3.63) is 24.5 Å². The first-order chi connectivity index (χ1) is 11.2. The van der Waals surface area contributed by atoms with Gasteiger partial charge in [-0.05, 0) is 25.1 Å². The molecular formula is C15H15N7O. The van der Waals surface area contributed by atoms with Crippen molar-refractivity contribution in [3.63, 3.8) is 0 Å². The summed E-state index contributed by atoms with van der Waals surface area (Å²) >= 11 is 0. The number of hydrogen-bond acceptors (Lipinski definition) is 7. The molecule has 0 atom stereocenters. The summed E-state index contributed by atoms with van der Waals surface area (Å²) in [4.78, 5) is 12.7. The maximum atomic E-state index is 6.02. The Bertz CT molecular complexity index is 1020. The van der Waals surface area contributed by atoms with Crippen LogP contribution >= 0.6 is 0 Å². The summed E-state index contributed by atoms with van der Waals surface area (Å²) in [5.41, 5.74) is 9.81. The summed E-state index contributed by atoms with van der Waals surface area (Å²) in [6.45, 7) is 2.74. The Kier molecular flexibility index (Phi) is 2.90. The number of rotatable bonds is 3. The van der Waals surface area contributed by atoms with Crippen molar-refractivity contribution in [2.75, 3.05) is 17.6 Å². The van der Waals surface area contributed by atoms with E-state index in [0.29, 0.717) is 23.1 Å². The lowest BCUT2D eigenvalue weighted by atomic mass is 10.1. The molecule has 0 radical (unpaired) electrons. The molecule has 0 aliphatic rings. The highest BCUT2D eigenvalue weighted by Gasteiger charge is 2.16. The van der Waals surface area contributed by atoms with Crippen molar-refractivity contribution in [3.8, 4) is 11.3 Å². The van der Waals surface area contributed by atoms with Crippen LogP contribution in [0.1, 0.15) is 6.92 Å². The average Bonchev–Trinajstić information content (AvgIpc) is 3.09. The maximum absolute atomic E-state index is 6.02. The van der Waals surface area contributed by atoms with Crippen molar-refractivity contribution < 1.29 is 4.42 Å². The minimum atomic E-state index is 0.409. The molecule has 8 nitrogen and oxygen atoms in total. The number of aromatic nitrogens is 5. The molecule has 0 aliphatic carbocycles. The predicted octanol–water partition coefficient (Wildman–Crippen LogP) is 2.19. The van der Waals surface area contributed by atoms with Gasteiger partial charge in [-0.15, -0.1) is 0 Å². The van der Waals surface area contributed by atoms with Gasteiger partial charge in [0.15, 0.2) is 11.2 Å². The van der Waals surface area contributed by atoms with Crippen LogP contribution in [-0.2, 0) is 7.05 Å². The van der Waals surface area contributed by atoms with E-state index in [1.807, 2.05) is 32.2 Å². The van der Waals surface area contributed by atoms with Gasteiger partial charge in [0, 0.05) is 19.2 Å². The molecule has 0 saturated carbocycles. The Balaban J connectivity index is 1.92. The fourth-order valence-corrected chi connectivity index (χ4v) is 2.61. The van der Waals surface area contributed by atoms with Gasteiger partial charge in [-0.25, -0.2) is 14.6 Å². The maximum Gasteiger partial charge on any atom is 0.295 e. The van der Waals surface area contributed by atoms with Gasteiger partial charge < -0.3 is 15.5 Å². The number of hydrogen-bond donors (Lipinski definition) is 2. The van der Waals surface area contributed by atoms with Crippen LogP contribution in [-0.4, -0.2) is 31.3 Å². The highest BCUT2D eigenvalue weighted by Crippen LogP contribution is 2.31. The molecule has 1 aromatic carbocycles. The Morgan fingerprint density at radius 1 is 1.30 bits per heavy atom. The van der Waals surface area contributed by atoms with Crippen LogP contribution in [0.25, 0.3) is 33.4 Å². The molecule has 116 valence electrons. The van der Waals surface area contributed by atoms with E-state index in [0.717, 1.165) is 28.7 Å². The van der Waals surface area contributed by atoms with E-state index in [2.05, 4.69) is 25.4 Å². The molecule has 3 aromatic heterocycles. The first-order valence-corrected chi connectivity index (χ1v) is 7.25. The summed E-state index contributed by atoms with van der Waals surface area (Å²) in [6, 6.07) is 6.23. The average molecular weight is 309 g/mol. The van der Waals surface area contributed by atoms with E-state index in [1.54, 1.807) is 4.68 Å². The molecule has 0 aliphatic heterocycles. The molecule has 0 spiro atoms. The van der Waals surface area contributed by atoms with Crippen molar-refractivity contribution in [2.45, 2.75) is 6.92 Å². The molecular weight excluding hydrogens is 294 g/mol. The van der Waals surface area contributed by atoms with Gasteiger partial charge in [-0.2, -0.15) is 10.1 Å². The molecule has 23 heavy (non-hydrogen) atoms. The van der Waals surface area contributed by atoms with Crippen LogP contribution in [0, 0.1) is 0 Å². The van der Waals surface area contributed by atoms with Crippen molar-refractivity contribution in [1.82, 2.24) is 24.7 Å². The van der Waals surface area contributed by atoms with Crippen LogP contribution in [0.4, 0.5) is 11.8 Å².